The standard InChI is InChI=1S/C13H15N3OS/c1-16(9-12-3-2-6-18-12)13(17)10-4-5-15-11(7-10)8-14/h2-7H,8-9,14H2,1H3. The normalized spacial score (nSPS) is 10.3. The van der Waals surface area contributed by atoms with Gasteiger partial charge in [0.25, 0.3) is 5.91 Å². The molecule has 2 heterocycles. The highest BCUT2D eigenvalue weighted by Gasteiger charge is 2.12. The summed E-state index contributed by atoms with van der Waals surface area (Å²) >= 11 is 1.65. The lowest BCUT2D eigenvalue weighted by Gasteiger charge is -2.16. The summed E-state index contributed by atoms with van der Waals surface area (Å²) in [7, 11) is 1.80. The Balaban J connectivity index is 2.10. The molecule has 0 aliphatic carbocycles. The summed E-state index contributed by atoms with van der Waals surface area (Å²) in [5, 5.41) is 2.01. The number of pyridine rings is 1. The molecule has 1 amide bonds. The van der Waals surface area contributed by atoms with E-state index < -0.39 is 0 Å². The lowest BCUT2D eigenvalue weighted by molar-refractivity contribution is 0.0786. The molecular weight excluding hydrogens is 246 g/mol. The van der Waals surface area contributed by atoms with E-state index in [0.717, 1.165) is 5.69 Å². The Kier molecular flexibility index (Phi) is 4.07. The second-order valence-electron chi connectivity index (χ2n) is 3.98. The number of hydrogen-bond donors (Lipinski definition) is 1. The first-order valence-corrected chi connectivity index (χ1v) is 6.51. The van der Waals surface area contributed by atoms with Crippen LogP contribution in [0.15, 0.2) is 35.8 Å². The van der Waals surface area contributed by atoms with Crippen LogP contribution in [0.2, 0.25) is 0 Å². The fourth-order valence-corrected chi connectivity index (χ4v) is 2.41. The van der Waals surface area contributed by atoms with Crippen LogP contribution in [0, 0.1) is 0 Å². The minimum Gasteiger partial charge on any atom is -0.337 e. The number of carbonyl (C=O) groups excluding carboxylic acids is 1. The van der Waals surface area contributed by atoms with E-state index in [1.165, 1.54) is 4.88 Å². The topological polar surface area (TPSA) is 59.2 Å². The molecule has 5 heteroatoms. The Labute approximate surface area is 110 Å². The van der Waals surface area contributed by atoms with Crippen LogP contribution in [0.1, 0.15) is 20.9 Å². The molecule has 0 spiro atoms. The lowest BCUT2D eigenvalue weighted by atomic mass is 10.2. The molecule has 2 N–H and O–H groups in total. The molecule has 18 heavy (non-hydrogen) atoms. The SMILES string of the molecule is CN(Cc1cccs1)C(=O)c1ccnc(CN)c1. The Morgan fingerprint density at radius 1 is 1.50 bits per heavy atom. The van der Waals surface area contributed by atoms with Gasteiger partial charge in [-0.3, -0.25) is 9.78 Å². The van der Waals surface area contributed by atoms with Gasteiger partial charge in [-0.05, 0) is 23.6 Å². The van der Waals surface area contributed by atoms with Crippen LogP contribution in [0.4, 0.5) is 0 Å². The van der Waals surface area contributed by atoms with Crippen molar-refractivity contribution in [2.75, 3.05) is 7.05 Å². The molecule has 0 saturated heterocycles. The van der Waals surface area contributed by atoms with Crippen molar-refractivity contribution >= 4 is 17.2 Å². The number of aromatic nitrogens is 1. The Morgan fingerprint density at radius 3 is 3.00 bits per heavy atom. The molecule has 4 nitrogen and oxygen atoms in total. The number of amides is 1. The molecule has 0 aliphatic heterocycles. The van der Waals surface area contributed by atoms with Crippen molar-refractivity contribution in [3.8, 4) is 0 Å². The third kappa shape index (κ3) is 2.94. The number of thiophene rings is 1. The van der Waals surface area contributed by atoms with E-state index in [9.17, 15) is 4.79 Å². The first-order valence-electron chi connectivity index (χ1n) is 5.63. The van der Waals surface area contributed by atoms with Crippen molar-refractivity contribution in [3.63, 3.8) is 0 Å². The van der Waals surface area contributed by atoms with Crippen molar-refractivity contribution in [1.82, 2.24) is 9.88 Å². The number of carbonyl (C=O) groups is 1. The number of rotatable bonds is 4. The third-order valence-electron chi connectivity index (χ3n) is 2.59. The second kappa shape index (κ2) is 5.75. The highest BCUT2D eigenvalue weighted by atomic mass is 32.1. The van der Waals surface area contributed by atoms with E-state index in [4.69, 9.17) is 5.73 Å². The Morgan fingerprint density at radius 2 is 2.33 bits per heavy atom. The largest absolute Gasteiger partial charge is 0.337 e. The van der Waals surface area contributed by atoms with Crippen LogP contribution in [-0.4, -0.2) is 22.8 Å². The molecule has 0 fully saturated rings. The van der Waals surface area contributed by atoms with Gasteiger partial charge in [-0.15, -0.1) is 11.3 Å². The average molecular weight is 261 g/mol. The Hall–Kier alpha value is -1.72. The maximum absolute atomic E-state index is 12.2. The average Bonchev–Trinajstić information content (AvgIpc) is 2.90. The van der Waals surface area contributed by atoms with E-state index in [1.54, 1.807) is 41.6 Å². The van der Waals surface area contributed by atoms with E-state index in [1.807, 2.05) is 17.5 Å². The van der Waals surface area contributed by atoms with Crippen LogP contribution in [0.5, 0.6) is 0 Å². The number of nitrogens with two attached hydrogens (primary N) is 1. The van der Waals surface area contributed by atoms with E-state index in [0.29, 0.717) is 18.7 Å². The smallest absolute Gasteiger partial charge is 0.254 e. The summed E-state index contributed by atoms with van der Waals surface area (Å²) in [5.74, 6) is -0.0134. The van der Waals surface area contributed by atoms with Gasteiger partial charge in [-0.2, -0.15) is 0 Å². The fraction of sp³-hybridized carbons (Fsp3) is 0.231. The summed E-state index contributed by atoms with van der Waals surface area (Å²) in [4.78, 5) is 19.1. The predicted molar refractivity (Wildman–Crippen MR) is 72.2 cm³/mol. The fourth-order valence-electron chi connectivity index (χ4n) is 1.65. The molecular formula is C13H15N3OS. The molecule has 0 unspecified atom stereocenters. The van der Waals surface area contributed by atoms with E-state index in [-0.39, 0.29) is 5.91 Å². The van der Waals surface area contributed by atoms with Crippen molar-refractivity contribution in [1.29, 1.82) is 0 Å². The quantitative estimate of drug-likeness (QED) is 0.914. The summed E-state index contributed by atoms with van der Waals surface area (Å²) < 4.78 is 0. The third-order valence-corrected chi connectivity index (χ3v) is 3.45. The van der Waals surface area contributed by atoms with Gasteiger partial charge in [0.1, 0.15) is 0 Å². The van der Waals surface area contributed by atoms with Crippen molar-refractivity contribution in [2.24, 2.45) is 5.73 Å². The minimum absolute atomic E-state index is 0.0134. The van der Waals surface area contributed by atoms with Gasteiger partial charge in [0.05, 0.1) is 12.2 Å². The zero-order chi connectivity index (χ0) is 13.0. The van der Waals surface area contributed by atoms with Gasteiger partial charge in [-0.25, -0.2) is 0 Å². The van der Waals surface area contributed by atoms with Gasteiger partial charge in [0.15, 0.2) is 0 Å². The minimum atomic E-state index is -0.0134. The second-order valence-corrected chi connectivity index (χ2v) is 5.01. The van der Waals surface area contributed by atoms with Crippen LogP contribution in [0.25, 0.3) is 0 Å². The van der Waals surface area contributed by atoms with Gasteiger partial charge < -0.3 is 10.6 Å². The Bertz CT molecular complexity index is 525. The number of hydrogen-bond acceptors (Lipinski definition) is 4. The summed E-state index contributed by atoms with van der Waals surface area (Å²) in [5.41, 5.74) is 6.88. The first-order chi connectivity index (χ1) is 8.70. The molecule has 0 atom stereocenters. The number of nitrogens with zero attached hydrogens (tertiary/aromatic N) is 2. The molecule has 2 rings (SSSR count). The van der Waals surface area contributed by atoms with Crippen molar-refractivity contribution in [3.05, 3.63) is 52.0 Å². The first kappa shape index (κ1) is 12.7. The summed E-state index contributed by atoms with van der Waals surface area (Å²) in [6.07, 6.45) is 1.62. The maximum Gasteiger partial charge on any atom is 0.254 e. The molecule has 0 aromatic carbocycles. The molecule has 94 valence electrons. The molecule has 0 saturated carbocycles. The monoisotopic (exact) mass is 261 g/mol. The van der Waals surface area contributed by atoms with Crippen molar-refractivity contribution < 1.29 is 4.79 Å². The highest BCUT2D eigenvalue weighted by Crippen LogP contribution is 2.13. The van der Waals surface area contributed by atoms with Gasteiger partial charge >= 0.3 is 0 Å². The lowest BCUT2D eigenvalue weighted by Crippen LogP contribution is -2.26. The predicted octanol–water partition coefficient (Wildman–Crippen LogP) is 1.87. The highest BCUT2D eigenvalue weighted by molar-refractivity contribution is 7.09. The maximum atomic E-state index is 12.2. The van der Waals surface area contributed by atoms with Crippen LogP contribution in [-0.2, 0) is 13.1 Å². The molecule has 2 aromatic rings. The van der Waals surface area contributed by atoms with E-state index >= 15 is 0 Å². The zero-order valence-electron chi connectivity index (χ0n) is 10.2. The van der Waals surface area contributed by atoms with Gasteiger partial charge in [0, 0.05) is 30.2 Å². The van der Waals surface area contributed by atoms with Crippen LogP contribution < -0.4 is 5.73 Å². The molecule has 2 aromatic heterocycles. The molecule has 0 aliphatic rings. The summed E-state index contributed by atoms with van der Waals surface area (Å²) in [6, 6.07) is 7.46. The molecule has 0 bridgehead atoms. The van der Waals surface area contributed by atoms with Crippen LogP contribution in [0.3, 0.4) is 0 Å². The molecule has 0 radical (unpaired) electrons. The van der Waals surface area contributed by atoms with E-state index in [2.05, 4.69) is 4.98 Å². The van der Waals surface area contributed by atoms with Crippen LogP contribution >= 0.6 is 11.3 Å². The summed E-state index contributed by atoms with van der Waals surface area (Å²) in [6.45, 7) is 0.965. The van der Waals surface area contributed by atoms with Gasteiger partial charge in [-0.1, -0.05) is 6.07 Å². The van der Waals surface area contributed by atoms with Gasteiger partial charge in [0.2, 0.25) is 0 Å². The van der Waals surface area contributed by atoms with Crippen molar-refractivity contribution in [2.45, 2.75) is 13.1 Å². The zero-order valence-corrected chi connectivity index (χ0v) is 11.0.